The summed E-state index contributed by atoms with van der Waals surface area (Å²) in [4.78, 5) is 6.20. The Balaban J connectivity index is 0.00000242. The van der Waals surface area contributed by atoms with Crippen molar-refractivity contribution in [2.24, 2.45) is 10.9 Å². The maximum Gasteiger partial charge on any atom is 0.193 e. The lowest BCUT2D eigenvalue weighted by atomic mass is 10.1. The van der Waals surface area contributed by atoms with Crippen LogP contribution in [0.25, 0.3) is 0 Å². The third-order valence-electron chi connectivity index (χ3n) is 4.02. The van der Waals surface area contributed by atoms with E-state index in [1.807, 2.05) is 18.0 Å². The van der Waals surface area contributed by atoms with Gasteiger partial charge in [0.2, 0.25) is 0 Å². The molecule has 2 rings (SSSR count). The minimum Gasteiger partial charge on any atom is -0.393 e. The maximum absolute atomic E-state index is 13.2. The molecule has 0 radical (unpaired) electrons. The molecule has 1 saturated carbocycles. The summed E-state index contributed by atoms with van der Waals surface area (Å²) >= 11 is 0. The van der Waals surface area contributed by atoms with E-state index in [4.69, 9.17) is 0 Å². The largest absolute Gasteiger partial charge is 0.393 e. The maximum atomic E-state index is 13.2. The Bertz CT molecular complexity index is 498. The molecule has 1 aromatic carbocycles. The molecule has 0 aromatic heterocycles. The average molecular weight is 421 g/mol. The minimum absolute atomic E-state index is 0. The molecule has 22 heavy (non-hydrogen) atoms. The highest BCUT2D eigenvalue weighted by Crippen LogP contribution is 2.24. The molecule has 1 aromatic rings. The molecule has 1 aliphatic carbocycles. The van der Waals surface area contributed by atoms with Gasteiger partial charge in [-0.3, -0.25) is 4.99 Å². The highest BCUT2D eigenvalue weighted by molar-refractivity contribution is 14.0. The second kappa shape index (κ2) is 9.29. The Kier molecular flexibility index (Phi) is 8.09. The van der Waals surface area contributed by atoms with Gasteiger partial charge in [-0.25, -0.2) is 4.39 Å². The van der Waals surface area contributed by atoms with Crippen LogP contribution in [0.2, 0.25) is 0 Å². The molecule has 0 amide bonds. The molecular weight excluding hydrogens is 396 g/mol. The molecule has 2 N–H and O–H groups in total. The van der Waals surface area contributed by atoms with Gasteiger partial charge in [0.1, 0.15) is 5.82 Å². The van der Waals surface area contributed by atoms with E-state index in [2.05, 4.69) is 10.3 Å². The molecule has 0 spiro atoms. The van der Waals surface area contributed by atoms with Crippen molar-refractivity contribution in [3.8, 4) is 0 Å². The molecule has 0 saturated heterocycles. The third kappa shape index (κ3) is 5.39. The molecule has 0 bridgehead atoms. The van der Waals surface area contributed by atoms with Crippen LogP contribution >= 0.6 is 24.0 Å². The number of hydrogen-bond acceptors (Lipinski definition) is 2. The highest BCUT2D eigenvalue weighted by atomic mass is 127. The molecule has 0 heterocycles. The summed E-state index contributed by atoms with van der Waals surface area (Å²) in [6, 6.07) is 6.58. The van der Waals surface area contributed by atoms with E-state index < -0.39 is 0 Å². The van der Waals surface area contributed by atoms with E-state index in [1.165, 1.54) is 12.1 Å². The van der Waals surface area contributed by atoms with Crippen LogP contribution < -0.4 is 5.32 Å². The number of benzene rings is 1. The quantitative estimate of drug-likeness (QED) is 0.447. The zero-order chi connectivity index (χ0) is 15.2. The van der Waals surface area contributed by atoms with Crippen molar-refractivity contribution in [3.05, 3.63) is 35.6 Å². The fourth-order valence-corrected chi connectivity index (χ4v) is 2.85. The Labute approximate surface area is 148 Å². The second-order valence-corrected chi connectivity index (χ2v) is 5.67. The first-order chi connectivity index (χ1) is 10.1. The predicted octanol–water partition coefficient (Wildman–Crippen LogP) is 2.61. The topological polar surface area (TPSA) is 47.9 Å². The molecule has 0 aliphatic heterocycles. The van der Waals surface area contributed by atoms with Gasteiger partial charge in [-0.05, 0) is 30.5 Å². The summed E-state index contributed by atoms with van der Waals surface area (Å²) in [7, 11) is 3.65. The zero-order valence-electron chi connectivity index (χ0n) is 13.1. The Hall–Kier alpha value is -0.890. The molecule has 1 aliphatic rings. The smallest absolute Gasteiger partial charge is 0.193 e. The lowest BCUT2D eigenvalue weighted by Crippen LogP contribution is -2.41. The molecule has 6 heteroatoms. The van der Waals surface area contributed by atoms with Gasteiger partial charge in [-0.2, -0.15) is 0 Å². The van der Waals surface area contributed by atoms with E-state index in [-0.39, 0.29) is 35.9 Å². The molecule has 124 valence electrons. The highest BCUT2D eigenvalue weighted by Gasteiger charge is 2.25. The van der Waals surface area contributed by atoms with E-state index in [0.29, 0.717) is 12.5 Å². The van der Waals surface area contributed by atoms with Crippen molar-refractivity contribution in [2.45, 2.75) is 31.9 Å². The van der Waals surface area contributed by atoms with Crippen LogP contribution in [0.1, 0.15) is 24.8 Å². The summed E-state index contributed by atoms with van der Waals surface area (Å²) in [5, 5.41) is 13.1. The first-order valence-corrected chi connectivity index (χ1v) is 7.44. The van der Waals surface area contributed by atoms with Gasteiger partial charge >= 0.3 is 0 Å². The monoisotopic (exact) mass is 421 g/mol. The number of rotatable bonds is 4. The van der Waals surface area contributed by atoms with Gasteiger partial charge in [0.25, 0.3) is 0 Å². The molecule has 2 unspecified atom stereocenters. The van der Waals surface area contributed by atoms with Gasteiger partial charge in [-0.1, -0.05) is 18.6 Å². The van der Waals surface area contributed by atoms with Crippen molar-refractivity contribution in [2.75, 3.05) is 20.6 Å². The van der Waals surface area contributed by atoms with Gasteiger partial charge in [0, 0.05) is 33.1 Å². The molecular formula is C16H25FIN3O. The zero-order valence-corrected chi connectivity index (χ0v) is 15.5. The number of aliphatic imine (C=N–C) groups is 1. The molecule has 1 fully saturated rings. The summed E-state index contributed by atoms with van der Waals surface area (Å²) in [6.45, 7) is 1.31. The molecule has 2 atom stereocenters. The summed E-state index contributed by atoms with van der Waals surface area (Å²) in [6.07, 6.45) is 2.83. The number of guanidine groups is 1. The van der Waals surface area contributed by atoms with E-state index in [0.717, 1.165) is 37.3 Å². The van der Waals surface area contributed by atoms with Gasteiger partial charge < -0.3 is 15.3 Å². The summed E-state index contributed by atoms with van der Waals surface area (Å²) in [5.41, 5.74) is 0.904. The van der Waals surface area contributed by atoms with Crippen molar-refractivity contribution in [1.82, 2.24) is 10.2 Å². The average Bonchev–Trinajstić information content (AvgIpc) is 2.85. The SMILES string of the molecule is CN=C(NCC1CCCC1O)N(C)Cc1cccc(F)c1.I. The van der Waals surface area contributed by atoms with E-state index in [9.17, 15) is 9.50 Å². The van der Waals surface area contributed by atoms with Crippen molar-refractivity contribution >= 4 is 29.9 Å². The number of nitrogens with zero attached hydrogens (tertiary/aromatic N) is 2. The minimum atomic E-state index is -0.224. The lowest BCUT2D eigenvalue weighted by Gasteiger charge is -2.24. The Morgan fingerprint density at radius 3 is 2.82 bits per heavy atom. The van der Waals surface area contributed by atoms with Crippen molar-refractivity contribution < 1.29 is 9.50 Å². The van der Waals surface area contributed by atoms with Crippen molar-refractivity contribution in [3.63, 3.8) is 0 Å². The lowest BCUT2D eigenvalue weighted by molar-refractivity contribution is 0.134. The van der Waals surface area contributed by atoms with E-state index >= 15 is 0 Å². The first-order valence-electron chi connectivity index (χ1n) is 7.44. The fourth-order valence-electron chi connectivity index (χ4n) is 2.85. The van der Waals surface area contributed by atoms with Crippen LogP contribution in [0.5, 0.6) is 0 Å². The number of aliphatic hydroxyl groups is 1. The van der Waals surface area contributed by atoms with Crippen LogP contribution in [0.15, 0.2) is 29.3 Å². The first kappa shape index (κ1) is 19.2. The second-order valence-electron chi connectivity index (χ2n) is 5.67. The van der Waals surface area contributed by atoms with Gasteiger partial charge in [0.05, 0.1) is 6.10 Å². The van der Waals surface area contributed by atoms with Gasteiger partial charge in [0.15, 0.2) is 5.96 Å². The van der Waals surface area contributed by atoms with Crippen LogP contribution in [0, 0.1) is 11.7 Å². The van der Waals surface area contributed by atoms with Crippen LogP contribution in [-0.2, 0) is 6.54 Å². The number of halogens is 2. The van der Waals surface area contributed by atoms with Gasteiger partial charge in [-0.15, -0.1) is 24.0 Å². The third-order valence-corrected chi connectivity index (χ3v) is 4.02. The Morgan fingerprint density at radius 1 is 1.45 bits per heavy atom. The predicted molar refractivity (Wildman–Crippen MR) is 98.0 cm³/mol. The van der Waals surface area contributed by atoms with Crippen LogP contribution in [-0.4, -0.2) is 42.7 Å². The summed E-state index contributed by atoms with van der Waals surface area (Å²) in [5.74, 6) is 0.834. The van der Waals surface area contributed by atoms with E-state index in [1.54, 1.807) is 13.1 Å². The van der Waals surface area contributed by atoms with Crippen LogP contribution in [0.4, 0.5) is 4.39 Å². The summed E-state index contributed by atoms with van der Waals surface area (Å²) < 4.78 is 13.2. The fraction of sp³-hybridized carbons (Fsp3) is 0.562. The number of aliphatic hydroxyl groups excluding tert-OH is 1. The molecule has 4 nitrogen and oxygen atoms in total. The normalized spacial score (nSPS) is 21.4. The number of nitrogens with one attached hydrogen (secondary N) is 1. The van der Waals surface area contributed by atoms with Crippen molar-refractivity contribution in [1.29, 1.82) is 0 Å². The Morgan fingerprint density at radius 2 is 2.23 bits per heavy atom. The van der Waals surface area contributed by atoms with Crippen LogP contribution in [0.3, 0.4) is 0 Å². The standard InChI is InChI=1S/C16H24FN3O.HI/c1-18-16(19-10-13-6-4-8-15(13)21)20(2)11-12-5-3-7-14(17)9-12;/h3,5,7,9,13,15,21H,4,6,8,10-11H2,1-2H3,(H,18,19);1H. The number of hydrogen-bond donors (Lipinski definition) is 2.